The number of sulfone groups is 1. The second-order valence-electron chi connectivity index (χ2n) is 4.21. The van der Waals surface area contributed by atoms with Crippen LogP contribution < -0.4 is 0 Å². The molecule has 0 aromatic heterocycles. The van der Waals surface area contributed by atoms with Crippen LogP contribution in [-0.2, 0) is 15.3 Å². The highest BCUT2D eigenvalue weighted by atomic mass is 32.2. The summed E-state index contributed by atoms with van der Waals surface area (Å²) in [5.74, 6) is 0. The van der Waals surface area contributed by atoms with Crippen molar-refractivity contribution in [2.75, 3.05) is 12.9 Å². The van der Waals surface area contributed by atoms with Crippen LogP contribution in [0.2, 0.25) is 0 Å². The van der Waals surface area contributed by atoms with Gasteiger partial charge in [-0.25, -0.2) is 8.42 Å². The quantitative estimate of drug-likeness (QED) is 0.840. The summed E-state index contributed by atoms with van der Waals surface area (Å²) in [6, 6.07) is 6.95. The average molecular weight is 226 g/mol. The standard InChI is InChI=1S/C11H14O3S/c1-15(13,14)10-5-3-2-4-9(10)11(8-12)6-7-11/h2-5,12H,6-8H2,1H3. The topological polar surface area (TPSA) is 54.4 Å². The Morgan fingerprint density at radius 2 is 1.93 bits per heavy atom. The predicted octanol–water partition coefficient (Wildman–Crippen LogP) is 1.11. The smallest absolute Gasteiger partial charge is 0.175 e. The zero-order valence-corrected chi connectivity index (χ0v) is 9.42. The molecule has 1 aromatic rings. The van der Waals surface area contributed by atoms with Gasteiger partial charge in [-0.15, -0.1) is 0 Å². The van der Waals surface area contributed by atoms with Gasteiger partial charge in [0, 0.05) is 11.7 Å². The van der Waals surface area contributed by atoms with Crippen molar-refractivity contribution in [1.82, 2.24) is 0 Å². The maximum Gasteiger partial charge on any atom is 0.175 e. The lowest BCUT2D eigenvalue weighted by atomic mass is 9.97. The van der Waals surface area contributed by atoms with E-state index in [9.17, 15) is 13.5 Å². The maximum absolute atomic E-state index is 11.6. The van der Waals surface area contributed by atoms with Crippen molar-refractivity contribution in [3.63, 3.8) is 0 Å². The van der Waals surface area contributed by atoms with Crippen LogP contribution in [0.25, 0.3) is 0 Å². The molecule has 0 aliphatic heterocycles. The van der Waals surface area contributed by atoms with E-state index in [2.05, 4.69) is 0 Å². The fourth-order valence-electron chi connectivity index (χ4n) is 1.89. The van der Waals surface area contributed by atoms with E-state index >= 15 is 0 Å². The first-order valence-corrected chi connectivity index (χ1v) is 6.79. The van der Waals surface area contributed by atoms with Crippen LogP contribution in [0.5, 0.6) is 0 Å². The van der Waals surface area contributed by atoms with Gasteiger partial charge in [0.15, 0.2) is 9.84 Å². The minimum atomic E-state index is -3.20. The van der Waals surface area contributed by atoms with Crippen LogP contribution in [0.4, 0.5) is 0 Å². The van der Waals surface area contributed by atoms with Crippen LogP contribution in [0.3, 0.4) is 0 Å². The maximum atomic E-state index is 11.6. The van der Waals surface area contributed by atoms with Crippen molar-refractivity contribution in [1.29, 1.82) is 0 Å². The third kappa shape index (κ3) is 1.79. The van der Waals surface area contributed by atoms with Crippen molar-refractivity contribution in [3.8, 4) is 0 Å². The third-order valence-electron chi connectivity index (χ3n) is 3.01. The van der Waals surface area contributed by atoms with E-state index in [1.807, 2.05) is 6.07 Å². The molecule has 1 aromatic carbocycles. The van der Waals surface area contributed by atoms with Gasteiger partial charge in [-0.3, -0.25) is 0 Å². The Kier molecular flexibility index (Phi) is 2.35. The highest BCUT2D eigenvalue weighted by Gasteiger charge is 2.45. The first-order valence-electron chi connectivity index (χ1n) is 4.90. The first-order chi connectivity index (χ1) is 6.99. The number of hydrogen-bond acceptors (Lipinski definition) is 3. The minimum absolute atomic E-state index is 0.0273. The highest BCUT2D eigenvalue weighted by molar-refractivity contribution is 7.90. The van der Waals surface area contributed by atoms with Crippen LogP contribution in [0.1, 0.15) is 18.4 Å². The number of hydrogen-bond donors (Lipinski definition) is 1. The van der Waals surface area contributed by atoms with E-state index in [0.29, 0.717) is 4.90 Å². The molecular formula is C11H14O3S. The van der Waals surface area contributed by atoms with Crippen molar-refractivity contribution < 1.29 is 13.5 Å². The molecule has 0 heterocycles. The molecule has 2 rings (SSSR count). The zero-order chi connectivity index (χ0) is 11.1. The molecule has 0 bridgehead atoms. The molecule has 0 atom stereocenters. The van der Waals surface area contributed by atoms with Gasteiger partial charge in [-0.2, -0.15) is 0 Å². The summed E-state index contributed by atoms with van der Waals surface area (Å²) in [7, 11) is -3.20. The largest absolute Gasteiger partial charge is 0.395 e. The SMILES string of the molecule is CS(=O)(=O)c1ccccc1C1(CO)CC1. The van der Waals surface area contributed by atoms with Crippen molar-refractivity contribution >= 4 is 9.84 Å². The molecule has 1 aliphatic carbocycles. The number of aliphatic hydroxyl groups excluding tert-OH is 1. The Balaban J connectivity index is 2.58. The number of aliphatic hydroxyl groups is 1. The molecule has 1 saturated carbocycles. The average Bonchev–Trinajstić information content (AvgIpc) is 2.97. The Bertz CT molecular complexity index is 472. The molecule has 1 aliphatic rings. The lowest BCUT2D eigenvalue weighted by molar-refractivity contribution is 0.253. The molecule has 0 unspecified atom stereocenters. The Hall–Kier alpha value is -0.870. The minimum Gasteiger partial charge on any atom is -0.395 e. The van der Waals surface area contributed by atoms with Gasteiger partial charge < -0.3 is 5.11 Å². The first kappa shape index (κ1) is 10.6. The van der Waals surface area contributed by atoms with Gasteiger partial charge in [0.1, 0.15) is 0 Å². The van der Waals surface area contributed by atoms with E-state index < -0.39 is 9.84 Å². The fourth-order valence-corrected chi connectivity index (χ4v) is 2.90. The van der Waals surface area contributed by atoms with Crippen LogP contribution >= 0.6 is 0 Å². The van der Waals surface area contributed by atoms with Gasteiger partial charge >= 0.3 is 0 Å². The highest BCUT2D eigenvalue weighted by Crippen LogP contribution is 2.49. The summed E-state index contributed by atoms with van der Waals surface area (Å²) >= 11 is 0. The summed E-state index contributed by atoms with van der Waals surface area (Å²) in [6.45, 7) is 0.0273. The fraction of sp³-hybridized carbons (Fsp3) is 0.455. The summed E-state index contributed by atoms with van der Waals surface area (Å²) in [5, 5.41) is 9.31. The van der Waals surface area contributed by atoms with E-state index in [0.717, 1.165) is 18.4 Å². The molecule has 0 saturated heterocycles. The Morgan fingerprint density at radius 3 is 2.40 bits per heavy atom. The van der Waals surface area contributed by atoms with Gasteiger partial charge in [-0.05, 0) is 24.5 Å². The summed E-state index contributed by atoms with van der Waals surface area (Å²) in [6.07, 6.45) is 2.95. The molecule has 0 spiro atoms. The third-order valence-corrected chi connectivity index (χ3v) is 4.17. The second kappa shape index (κ2) is 3.32. The summed E-state index contributed by atoms with van der Waals surface area (Å²) in [4.78, 5) is 0.358. The number of benzene rings is 1. The molecule has 3 nitrogen and oxygen atoms in total. The van der Waals surface area contributed by atoms with Gasteiger partial charge in [0.05, 0.1) is 11.5 Å². The van der Waals surface area contributed by atoms with Crippen LogP contribution in [0, 0.1) is 0 Å². The molecule has 4 heteroatoms. The van der Waals surface area contributed by atoms with Gasteiger partial charge in [0.2, 0.25) is 0 Å². The van der Waals surface area contributed by atoms with Crippen molar-refractivity contribution in [2.24, 2.45) is 0 Å². The van der Waals surface area contributed by atoms with Crippen LogP contribution in [-0.4, -0.2) is 26.4 Å². The molecular weight excluding hydrogens is 212 g/mol. The lowest BCUT2D eigenvalue weighted by Gasteiger charge is -2.15. The van der Waals surface area contributed by atoms with E-state index in [1.165, 1.54) is 6.26 Å². The second-order valence-corrected chi connectivity index (χ2v) is 6.19. The zero-order valence-electron chi connectivity index (χ0n) is 8.60. The Labute approximate surface area is 89.7 Å². The molecule has 1 N–H and O–H groups in total. The van der Waals surface area contributed by atoms with Gasteiger partial charge in [0.25, 0.3) is 0 Å². The molecule has 0 radical (unpaired) electrons. The molecule has 15 heavy (non-hydrogen) atoms. The van der Waals surface area contributed by atoms with E-state index in [-0.39, 0.29) is 12.0 Å². The number of rotatable bonds is 3. The Morgan fingerprint density at radius 1 is 1.33 bits per heavy atom. The van der Waals surface area contributed by atoms with Crippen molar-refractivity contribution in [2.45, 2.75) is 23.2 Å². The monoisotopic (exact) mass is 226 g/mol. The summed E-state index contributed by atoms with van der Waals surface area (Å²) in [5.41, 5.74) is 0.481. The normalized spacial score (nSPS) is 18.8. The predicted molar refractivity (Wildman–Crippen MR) is 57.5 cm³/mol. The van der Waals surface area contributed by atoms with Crippen LogP contribution in [0.15, 0.2) is 29.2 Å². The van der Waals surface area contributed by atoms with E-state index in [1.54, 1.807) is 18.2 Å². The molecule has 82 valence electrons. The lowest BCUT2D eigenvalue weighted by Crippen LogP contribution is -2.16. The molecule has 0 amide bonds. The van der Waals surface area contributed by atoms with E-state index in [4.69, 9.17) is 0 Å². The molecule has 1 fully saturated rings. The van der Waals surface area contributed by atoms with Gasteiger partial charge in [-0.1, -0.05) is 18.2 Å². The summed E-state index contributed by atoms with van der Waals surface area (Å²) < 4.78 is 23.1. The van der Waals surface area contributed by atoms with Crippen molar-refractivity contribution in [3.05, 3.63) is 29.8 Å².